The smallest absolute Gasteiger partial charge is 0.408 e. The highest BCUT2D eigenvalue weighted by atomic mass is 16.6. The van der Waals surface area contributed by atoms with Crippen LogP contribution in [-0.2, 0) is 14.3 Å². The van der Waals surface area contributed by atoms with Crippen molar-refractivity contribution in [1.29, 1.82) is 0 Å². The van der Waals surface area contributed by atoms with Gasteiger partial charge in [0, 0.05) is 18.0 Å². The Morgan fingerprint density at radius 2 is 1.56 bits per heavy atom. The summed E-state index contributed by atoms with van der Waals surface area (Å²) >= 11 is 0. The van der Waals surface area contributed by atoms with Gasteiger partial charge in [-0.05, 0) is 55.0 Å². The molecule has 0 aromatic heterocycles. The van der Waals surface area contributed by atoms with Crippen LogP contribution in [0.25, 0.3) is 11.1 Å². The lowest BCUT2D eigenvalue weighted by molar-refractivity contribution is -0.153. The minimum Gasteiger partial charge on any atom is -0.467 e. The van der Waals surface area contributed by atoms with Crippen molar-refractivity contribution in [3.05, 3.63) is 59.7 Å². The van der Waals surface area contributed by atoms with Gasteiger partial charge in [-0.15, -0.1) is 0 Å². The number of nitrogens with one attached hydrogen (secondary N) is 1. The minimum absolute atomic E-state index is 0.0147. The number of esters is 1. The minimum atomic E-state index is -1.03. The number of amides is 1. The van der Waals surface area contributed by atoms with Crippen LogP contribution in [-0.4, -0.2) is 55.3 Å². The van der Waals surface area contributed by atoms with Gasteiger partial charge in [0.25, 0.3) is 0 Å². The highest BCUT2D eigenvalue weighted by Crippen LogP contribution is 2.44. The van der Waals surface area contributed by atoms with Crippen molar-refractivity contribution in [2.45, 2.75) is 55.6 Å². The van der Waals surface area contributed by atoms with Crippen LogP contribution in [0, 0.1) is 0 Å². The summed E-state index contributed by atoms with van der Waals surface area (Å²) in [7, 11) is 3.50. The maximum absolute atomic E-state index is 13.0. The first kappa shape index (κ1) is 21.0. The van der Waals surface area contributed by atoms with Gasteiger partial charge in [-0.2, -0.15) is 0 Å². The van der Waals surface area contributed by atoms with Gasteiger partial charge in [0.15, 0.2) is 0 Å². The van der Waals surface area contributed by atoms with Crippen LogP contribution in [0.3, 0.4) is 0 Å². The molecule has 0 spiro atoms. The highest BCUT2D eigenvalue weighted by molar-refractivity contribution is 5.86. The SMILES string of the molecule is COC(=O)C1(NC(=O)OCC2c3ccccc3-c3ccccc32)CC2CCCC(C1)N2C. The molecule has 0 radical (unpaired) electrons. The molecule has 2 aromatic rings. The average Bonchev–Trinajstić information content (AvgIpc) is 3.12. The Labute approximate surface area is 188 Å². The van der Waals surface area contributed by atoms with Crippen molar-refractivity contribution in [2.75, 3.05) is 20.8 Å². The molecule has 2 atom stereocenters. The van der Waals surface area contributed by atoms with Gasteiger partial charge in [-0.3, -0.25) is 0 Å². The number of carbonyl (C=O) groups is 2. The second kappa shape index (κ2) is 8.24. The molecule has 2 bridgehead atoms. The molecule has 1 amide bonds. The van der Waals surface area contributed by atoms with Gasteiger partial charge in [0.1, 0.15) is 12.1 Å². The lowest BCUT2D eigenvalue weighted by Gasteiger charge is -2.51. The van der Waals surface area contributed by atoms with E-state index in [-0.39, 0.29) is 30.6 Å². The normalized spacial score (nSPS) is 26.7. The Balaban J connectivity index is 1.33. The summed E-state index contributed by atoms with van der Waals surface area (Å²) in [6.45, 7) is 0.226. The number of hydrogen-bond acceptors (Lipinski definition) is 5. The molecule has 2 aromatic carbocycles. The summed E-state index contributed by atoms with van der Waals surface area (Å²) < 4.78 is 10.9. The Bertz CT molecular complexity index is 976. The first-order valence-electron chi connectivity index (χ1n) is 11.5. The summed E-state index contributed by atoms with van der Waals surface area (Å²) in [4.78, 5) is 28.2. The van der Waals surface area contributed by atoms with Crippen LogP contribution in [0.15, 0.2) is 48.5 Å². The predicted octanol–water partition coefficient (Wildman–Crippen LogP) is 4.08. The van der Waals surface area contributed by atoms with Gasteiger partial charge < -0.3 is 19.7 Å². The van der Waals surface area contributed by atoms with E-state index in [1.807, 2.05) is 24.3 Å². The fraction of sp³-hybridized carbons (Fsp3) is 0.462. The van der Waals surface area contributed by atoms with Crippen LogP contribution < -0.4 is 5.32 Å². The highest BCUT2D eigenvalue weighted by Gasteiger charge is 2.51. The summed E-state index contributed by atoms with van der Waals surface area (Å²) in [5.74, 6) is -0.393. The first-order valence-corrected chi connectivity index (χ1v) is 11.5. The van der Waals surface area contributed by atoms with Gasteiger partial charge in [-0.1, -0.05) is 55.0 Å². The van der Waals surface area contributed by atoms with Crippen molar-refractivity contribution in [1.82, 2.24) is 10.2 Å². The predicted molar refractivity (Wildman–Crippen MR) is 121 cm³/mol. The van der Waals surface area contributed by atoms with E-state index in [1.54, 1.807) is 0 Å². The molecule has 6 heteroatoms. The molecule has 5 rings (SSSR count). The van der Waals surface area contributed by atoms with E-state index in [4.69, 9.17) is 9.47 Å². The number of ether oxygens (including phenoxy) is 2. The number of piperidine rings is 2. The van der Waals surface area contributed by atoms with Gasteiger partial charge in [0.05, 0.1) is 7.11 Å². The largest absolute Gasteiger partial charge is 0.467 e. The number of benzene rings is 2. The zero-order valence-corrected chi connectivity index (χ0v) is 18.7. The molecule has 1 N–H and O–H groups in total. The number of rotatable bonds is 4. The molecule has 1 aliphatic carbocycles. The average molecular weight is 435 g/mol. The van der Waals surface area contributed by atoms with Gasteiger partial charge in [-0.25, -0.2) is 9.59 Å². The number of carbonyl (C=O) groups excluding carboxylic acids is 2. The standard InChI is InChI=1S/C26H30N2O4/c1-28-17-8-7-9-18(28)15-26(14-17,24(29)31-2)27-25(30)32-16-23-21-12-5-3-10-19(21)20-11-4-6-13-22(20)23/h3-6,10-13,17-18,23H,7-9,14-16H2,1-2H3,(H,27,30). The van der Waals surface area contributed by atoms with Crippen molar-refractivity contribution in [3.63, 3.8) is 0 Å². The van der Waals surface area contributed by atoms with Crippen molar-refractivity contribution >= 4 is 12.1 Å². The van der Waals surface area contributed by atoms with Crippen LogP contribution in [0.2, 0.25) is 0 Å². The van der Waals surface area contributed by atoms with E-state index >= 15 is 0 Å². The quantitative estimate of drug-likeness (QED) is 0.735. The third kappa shape index (κ3) is 3.47. The van der Waals surface area contributed by atoms with Crippen molar-refractivity contribution in [3.8, 4) is 11.1 Å². The van der Waals surface area contributed by atoms with Crippen molar-refractivity contribution < 1.29 is 19.1 Å². The monoisotopic (exact) mass is 434 g/mol. The fourth-order valence-electron chi connectivity index (χ4n) is 6.02. The molecule has 2 heterocycles. The van der Waals surface area contributed by atoms with Crippen LogP contribution >= 0.6 is 0 Å². The third-order valence-electron chi connectivity index (χ3n) is 7.66. The molecule has 2 fully saturated rings. The maximum atomic E-state index is 13.0. The number of fused-ring (bicyclic) bond motifs is 5. The molecule has 2 unspecified atom stereocenters. The van der Waals surface area contributed by atoms with E-state index in [0.29, 0.717) is 12.8 Å². The zero-order chi connectivity index (χ0) is 22.3. The second-order valence-electron chi connectivity index (χ2n) is 9.34. The van der Waals surface area contributed by atoms with Crippen LogP contribution in [0.4, 0.5) is 4.79 Å². The molecule has 168 valence electrons. The number of nitrogens with zero attached hydrogens (tertiary/aromatic N) is 1. The summed E-state index contributed by atoms with van der Waals surface area (Å²) in [6.07, 6.45) is 3.76. The maximum Gasteiger partial charge on any atom is 0.408 e. The zero-order valence-electron chi connectivity index (χ0n) is 18.7. The van der Waals surface area contributed by atoms with Gasteiger partial charge in [0.2, 0.25) is 0 Å². The van der Waals surface area contributed by atoms with Gasteiger partial charge >= 0.3 is 12.1 Å². The lowest BCUT2D eigenvalue weighted by Crippen LogP contribution is -2.66. The topological polar surface area (TPSA) is 67.9 Å². The fourth-order valence-corrected chi connectivity index (χ4v) is 6.02. The van der Waals surface area contributed by atoms with E-state index in [9.17, 15) is 9.59 Å². The third-order valence-corrected chi connectivity index (χ3v) is 7.66. The Morgan fingerprint density at radius 3 is 2.12 bits per heavy atom. The Hall–Kier alpha value is -2.86. The number of hydrogen-bond donors (Lipinski definition) is 1. The van der Waals surface area contributed by atoms with Crippen molar-refractivity contribution in [2.24, 2.45) is 0 Å². The lowest BCUT2D eigenvalue weighted by atomic mass is 9.74. The second-order valence-corrected chi connectivity index (χ2v) is 9.34. The Kier molecular flexibility index (Phi) is 5.41. The van der Waals surface area contributed by atoms with E-state index in [1.165, 1.54) is 18.2 Å². The summed E-state index contributed by atoms with van der Waals surface area (Å²) in [5, 5.41) is 2.94. The number of methoxy groups -OCH3 is 1. The van der Waals surface area contributed by atoms with Crippen LogP contribution in [0.5, 0.6) is 0 Å². The van der Waals surface area contributed by atoms with E-state index < -0.39 is 11.6 Å². The molecule has 3 aliphatic rings. The number of alkyl carbamates (subject to hydrolysis) is 1. The molecule has 0 saturated carbocycles. The summed E-state index contributed by atoms with van der Waals surface area (Å²) in [5.41, 5.74) is 3.67. The van der Waals surface area contributed by atoms with E-state index in [2.05, 4.69) is 41.5 Å². The molecular formula is C26H30N2O4. The molecule has 2 aliphatic heterocycles. The molecule has 6 nitrogen and oxygen atoms in total. The Morgan fingerprint density at radius 1 is 1.00 bits per heavy atom. The molecule has 32 heavy (non-hydrogen) atoms. The van der Waals surface area contributed by atoms with Crippen LogP contribution in [0.1, 0.15) is 49.1 Å². The molecular weight excluding hydrogens is 404 g/mol. The first-order chi connectivity index (χ1) is 15.5. The summed E-state index contributed by atoms with van der Waals surface area (Å²) in [6, 6.07) is 17.0. The molecule has 2 saturated heterocycles. The van der Waals surface area contributed by atoms with E-state index in [0.717, 1.165) is 30.4 Å².